The van der Waals surface area contributed by atoms with Crippen LogP contribution in [0.15, 0.2) is 23.1 Å². The Kier molecular flexibility index (Phi) is 5.71. The predicted molar refractivity (Wildman–Crippen MR) is 82.7 cm³/mol. The number of aryl methyl sites for hydroxylation is 1. The first-order valence-electron chi connectivity index (χ1n) is 6.84. The first-order chi connectivity index (χ1) is 10.0. The van der Waals surface area contributed by atoms with Gasteiger partial charge in [0.25, 0.3) is 5.91 Å². The lowest BCUT2D eigenvalue weighted by atomic mass is 10.1. The van der Waals surface area contributed by atoms with E-state index in [2.05, 4.69) is 0 Å². The second-order valence-electron chi connectivity index (χ2n) is 5.72. The molecule has 0 atom stereocenters. The minimum absolute atomic E-state index is 0.0428. The largest absolute Gasteiger partial charge is 0.480 e. The monoisotopic (exact) mass is 327 g/mol. The molecule has 0 aliphatic carbocycles. The highest BCUT2D eigenvalue weighted by molar-refractivity contribution is 7.90. The van der Waals surface area contributed by atoms with Crippen molar-refractivity contribution < 1.29 is 23.1 Å². The van der Waals surface area contributed by atoms with E-state index in [1.807, 2.05) is 13.8 Å². The molecule has 0 aliphatic heterocycles. The molecule has 1 aromatic carbocycles. The highest BCUT2D eigenvalue weighted by Gasteiger charge is 2.22. The normalized spacial score (nSPS) is 11.5. The minimum atomic E-state index is -3.43. The molecular weight excluding hydrogens is 306 g/mol. The van der Waals surface area contributed by atoms with Crippen LogP contribution in [-0.2, 0) is 14.6 Å². The molecule has 1 aromatic rings. The van der Waals surface area contributed by atoms with E-state index in [0.29, 0.717) is 5.56 Å². The molecule has 0 saturated heterocycles. The SMILES string of the molecule is Cc1ccc(S(C)(=O)=O)cc1C(=O)N(CC(=O)O)CC(C)C. The summed E-state index contributed by atoms with van der Waals surface area (Å²) in [6, 6.07) is 4.30. The lowest BCUT2D eigenvalue weighted by Gasteiger charge is -2.23. The summed E-state index contributed by atoms with van der Waals surface area (Å²) in [6.45, 7) is 5.31. The lowest BCUT2D eigenvalue weighted by Crippen LogP contribution is -2.38. The number of aliphatic carboxylic acids is 1. The van der Waals surface area contributed by atoms with Crippen LogP contribution >= 0.6 is 0 Å². The van der Waals surface area contributed by atoms with Crippen LogP contribution in [0.1, 0.15) is 29.8 Å². The van der Waals surface area contributed by atoms with Gasteiger partial charge in [-0.25, -0.2) is 8.42 Å². The quantitative estimate of drug-likeness (QED) is 0.856. The first kappa shape index (κ1) is 18.2. The van der Waals surface area contributed by atoms with Gasteiger partial charge in [-0.1, -0.05) is 19.9 Å². The molecule has 1 amide bonds. The van der Waals surface area contributed by atoms with Gasteiger partial charge in [0, 0.05) is 18.4 Å². The third-order valence-corrected chi connectivity index (χ3v) is 4.18. The Bertz CT molecular complexity index is 679. The van der Waals surface area contributed by atoms with Crippen molar-refractivity contribution in [3.8, 4) is 0 Å². The third kappa shape index (κ3) is 4.84. The van der Waals surface area contributed by atoms with Gasteiger partial charge >= 0.3 is 5.97 Å². The number of amides is 1. The van der Waals surface area contributed by atoms with Crippen LogP contribution < -0.4 is 0 Å². The number of nitrogens with zero attached hydrogens (tertiary/aromatic N) is 1. The highest BCUT2D eigenvalue weighted by Crippen LogP contribution is 2.18. The van der Waals surface area contributed by atoms with E-state index in [9.17, 15) is 18.0 Å². The topological polar surface area (TPSA) is 91.8 Å². The Morgan fingerprint density at radius 1 is 1.27 bits per heavy atom. The van der Waals surface area contributed by atoms with Crippen LogP contribution in [0.4, 0.5) is 0 Å². The van der Waals surface area contributed by atoms with Crippen molar-refractivity contribution in [1.82, 2.24) is 4.90 Å². The van der Waals surface area contributed by atoms with Crippen molar-refractivity contribution in [2.75, 3.05) is 19.3 Å². The molecule has 7 heteroatoms. The van der Waals surface area contributed by atoms with E-state index in [-0.39, 0.29) is 22.9 Å². The molecule has 1 N–H and O–H groups in total. The molecule has 0 unspecified atom stereocenters. The van der Waals surface area contributed by atoms with Crippen LogP contribution in [0.2, 0.25) is 0 Å². The van der Waals surface area contributed by atoms with Crippen molar-refractivity contribution in [3.63, 3.8) is 0 Å². The Labute approximate surface area is 130 Å². The van der Waals surface area contributed by atoms with Gasteiger partial charge in [-0.2, -0.15) is 0 Å². The van der Waals surface area contributed by atoms with Crippen LogP contribution in [0.3, 0.4) is 0 Å². The number of hydrogen-bond acceptors (Lipinski definition) is 4. The maximum Gasteiger partial charge on any atom is 0.323 e. The smallest absolute Gasteiger partial charge is 0.323 e. The van der Waals surface area contributed by atoms with E-state index in [0.717, 1.165) is 6.26 Å². The maximum atomic E-state index is 12.6. The standard InChI is InChI=1S/C15H21NO5S/c1-10(2)8-16(9-14(17)18)15(19)13-7-12(22(4,20)21)6-5-11(13)3/h5-7,10H,8-9H2,1-4H3,(H,17,18). The molecule has 0 spiro atoms. The van der Waals surface area contributed by atoms with E-state index < -0.39 is 28.3 Å². The summed E-state index contributed by atoms with van der Waals surface area (Å²) in [5.41, 5.74) is 0.821. The van der Waals surface area contributed by atoms with Gasteiger partial charge < -0.3 is 10.0 Å². The average Bonchev–Trinajstić information content (AvgIpc) is 2.35. The molecule has 0 bridgehead atoms. The fraction of sp³-hybridized carbons (Fsp3) is 0.467. The van der Waals surface area contributed by atoms with E-state index >= 15 is 0 Å². The zero-order valence-electron chi connectivity index (χ0n) is 13.2. The molecule has 1 rings (SSSR count). The number of carboxylic acid groups (broad SMARTS) is 1. The summed E-state index contributed by atoms with van der Waals surface area (Å²) in [5.74, 6) is -1.48. The Morgan fingerprint density at radius 3 is 2.32 bits per heavy atom. The molecule has 6 nitrogen and oxygen atoms in total. The Balaban J connectivity index is 3.25. The van der Waals surface area contributed by atoms with E-state index in [1.165, 1.54) is 17.0 Å². The van der Waals surface area contributed by atoms with Crippen molar-refractivity contribution in [1.29, 1.82) is 0 Å². The third-order valence-electron chi connectivity index (χ3n) is 3.07. The number of benzene rings is 1. The number of rotatable bonds is 6. The van der Waals surface area contributed by atoms with Crippen LogP contribution in [0.25, 0.3) is 0 Å². The second-order valence-corrected chi connectivity index (χ2v) is 7.74. The van der Waals surface area contributed by atoms with Gasteiger partial charge in [0.05, 0.1) is 4.90 Å². The summed E-state index contributed by atoms with van der Waals surface area (Å²) in [4.78, 5) is 24.8. The number of carboxylic acids is 1. The van der Waals surface area contributed by atoms with E-state index in [1.54, 1.807) is 13.0 Å². The van der Waals surface area contributed by atoms with Crippen molar-refractivity contribution in [2.45, 2.75) is 25.7 Å². The summed E-state index contributed by atoms with van der Waals surface area (Å²) < 4.78 is 23.3. The van der Waals surface area contributed by atoms with Gasteiger partial charge in [-0.3, -0.25) is 9.59 Å². The summed E-state index contributed by atoms with van der Waals surface area (Å²) in [6.07, 6.45) is 1.06. The van der Waals surface area contributed by atoms with Crippen LogP contribution in [-0.4, -0.2) is 49.6 Å². The molecule has 0 radical (unpaired) electrons. The summed E-state index contributed by atoms with van der Waals surface area (Å²) in [5, 5.41) is 8.96. The summed E-state index contributed by atoms with van der Waals surface area (Å²) in [7, 11) is -3.43. The minimum Gasteiger partial charge on any atom is -0.480 e. The number of carbonyl (C=O) groups is 2. The van der Waals surface area contributed by atoms with Crippen LogP contribution in [0.5, 0.6) is 0 Å². The molecule has 0 fully saturated rings. The van der Waals surface area contributed by atoms with Gasteiger partial charge in [-0.05, 0) is 30.5 Å². The lowest BCUT2D eigenvalue weighted by molar-refractivity contribution is -0.137. The molecule has 0 aromatic heterocycles. The predicted octanol–water partition coefficient (Wildman–Crippen LogP) is 1.58. The number of carbonyl (C=O) groups excluding carboxylic acids is 1. The number of sulfone groups is 1. The molecule has 0 heterocycles. The first-order valence-corrected chi connectivity index (χ1v) is 8.73. The Morgan fingerprint density at radius 2 is 1.86 bits per heavy atom. The van der Waals surface area contributed by atoms with Gasteiger partial charge in [0.1, 0.15) is 6.54 Å². The van der Waals surface area contributed by atoms with Crippen molar-refractivity contribution in [3.05, 3.63) is 29.3 Å². The fourth-order valence-corrected chi connectivity index (χ4v) is 2.70. The number of hydrogen-bond donors (Lipinski definition) is 1. The van der Waals surface area contributed by atoms with E-state index in [4.69, 9.17) is 5.11 Å². The van der Waals surface area contributed by atoms with Crippen LogP contribution in [0, 0.1) is 12.8 Å². The fourth-order valence-electron chi connectivity index (χ4n) is 2.06. The molecule has 22 heavy (non-hydrogen) atoms. The average molecular weight is 327 g/mol. The Hall–Kier alpha value is -1.89. The van der Waals surface area contributed by atoms with Gasteiger partial charge in [0.15, 0.2) is 9.84 Å². The van der Waals surface area contributed by atoms with Gasteiger partial charge in [-0.15, -0.1) is 0 Å². The highest BCUT2D eigenvalue weighted by atomic mass is 32.2. The summed E-state index contributed by atoms with van der Waals surface area (Å²) >= 11 is 0. The molecule has 0 aliphatic rings. The molecule has 0 saturated carbocycles. The molecular formula is C15H21NO5S. The molecule has 122 valence electrons. The maximum absolute atomic E-state index is 12.6. The second kappa shape index (κ2) is 6.91. The zero-order chi connectivity index (χ0) is 17.1. The van der Waals surface area contributed by atoms with Crippen molar-refractivity contribution >= 4 is 21.7 Å². The zero-order valence-corrected chi connectivity index (χ0v) is 14.0. The van der Waals surface area contributed by atoms with Crippen molar-refractivity contribution in [2.24, 2.45) is 5.92 Å². The van der Waals surface area contributed by atoms with Gasteiger partial charge in [0.2, 0.25) is 0 Å².